The van der Waals surface area contributed by atoms with E-state index in [0.29, 0.717) is 6.54 Å². The van der Waals surface area contributed by atoms with Crippen LogP contribution in [0.5, 0.6) is 0 Å². The van der Waals surface area contributed by atoms with Crippen LogP contribution in [0.15, 0.2) is 84.9 Å². The van der Waals surface area contributed by atoms with Gasteiger partial charge in [0.25, 0.3) is 0 Å². The van der Waals surface area contributed by atoms with Crippen LogP contribution in [0.4, 0.5) is 5.69 Å². The molecule has 2 N–H and O–H groups in total. The van der Waals surface area contributed by atoms with Crippen molar-refractivity contribution in [2.24, 2.45) is 5.92 Å². The number of halogens is 1. The van der Waals surface area contributed by atoms with Crippen molar-refractivity contribution < 1.29 is 4.79 Å². The van der Waals surface area contributed by atoms with Crippen LogP contribution in [0.25, 0.3) is 11.1 Å². The summed E-state index contributed by atoms with van der Waals surface area (Å²) in [5.74, 6) is 0.252. The van der Waals surface area contributed by atoms with E-state index in [2.05, 4.69) is 34.9 Å². The van der Waals surface area contributed by atoms with E-state index >= 15 is 0 Å². The first-order valence-electron chi connectivity index (χ1n) is 9.03. The first kappa shape index (κ1) is 19.2. The summed E-state index contributed by atoms with van der Waals surface area (Å²) in [6.07, 6.45) is 0. The van der Waals surface area contributed by atoms with E-state index in [1.807, 2.05) is 60.7 Å². The fourth-order valence-electron chi connectivity index (χ4n) is 3.62. The molecular formula is C23H23ClN2O. The maximum atomic E-state index is 12.8. The number of benzene rings is 3. The van der Waals surface area contributed by atoms with Gasteiger partial charge in [-0.2, -0.15) is 0 Å². The quantitative estimate of drug-likeness (QED) is 0.689. The molecule has 0 unspecified atom stereocenters. The monoisotopic (exact) mass is 378 g/mol. The van der Waals surface area contributed by atoms with E-state index in [1.54, 1.807) is 0 Å². The Morgan fingerprint density at radius 2 is 1.37 bits per heavy atom. The lowest BCUT2D eigenvalue weighted by Gasteiger charge is -2.18. The molecule has 0 bridgehead atoms. The van der Waals surface area contributed by atoms with Crippen LogP contribution in [-0.4, -0.2) is 19.0 Å². The Morgan fingerprint density at radius 1 is 0.778 bits per heavy atom. The number of rotatable bonds is 4. The van der Waals surface area contributed by atoms with E-state index in [1.165, 1.54) is 11.1 Å². The number of carbonyl (C=O) groups is 1. The van der Waals surface area contributed by atoms with Gasteiger partial charge in [-0.25, -0.2) is 0 Å². The van der Waals surface area contributed by atoms with E-state index in [0.717, 1.165) is 17.8 Å². The Hall–Kier alpha value is -2.62. The Labute approximate surface area is 166 Å². The van der Waals surface area contributed by atoms with Crippen molar-refractivity contribution in [2.45, 2.75) is 5.92 Å². The van der Waals surface area contributed by atoms with Crippen molar-refractivity contribution in [3.05, 3.63) is 90.5 Å². The van der Waals surface area contributed by atoms with Crippen LogP contribution in [0.2, 0.25) is 0 Å². The zero-order valence-electron chi connectivity index (χ0n) is 15.0. The molecule has 4 heteroatoms. The van der Waals surface area contributed by atoms with Crippen LogP contribution in [-0.2, 0) is 4.79 Å². The van der Waals surface area contributed by atoms with Gasteiger partial charge in [0.05, 0.1) is 5.92 Å². The highest BCUT2D eigenvalue weighted by Crippen LogP contribution is 2.29. The second-order valence-corrected chi connectivity index (χ2v) is 6.71. The Bertz CT molecular complexity index is 866. The highest BCUT2D eigenvalue weighted by molar-refractivity contribution is 5.94. The van der Waals surface area contributed by atoms with Crippen LogP contribution in [0.3, 0.4) is 0 Å². The minimum Gasteiger partial charge on any atom is -0.326 e. The summed E-state index contributed by atoms with van der Waals surface area (Å²) in [6.45, 7) is 1.56. The van der Waals surface area contributed by atoms with Crippen molar-refractivity contribution in [1.29, 1.82) is 0 Å². The van der Waals surface area contributed by atoms with Crippen LogP contribution in [0, 0.1) is 5.92 Å². The average molecular weight is 379 g/mol. The number of hydrogen-bond acceptors (Lipinski definition) is 2. The molecule has 1 amide bonds. The molecule has 1 aliphatic rings. The van der Waals surface area contributed by atoms with Gasteiger partial charge in [-0.05, 0) is 28.8 Å². The molecule has 0 aliphatic carbocycles. The Balaban J connectivity index is 0.00000210. The van der Waals surface area contributed by atoms with Gasteiger partial charge in [-0.3, -0.25) is 4.79 Å². The number of carbonyl (C=O) groups excluding carboxylic acids is 1. The smallest absolute Gasteiger partial charge is 0.229 e. The van der Waals surface area contributed by atoms with Crippen molar-refractivity contribution in [2.75, 3.05) is 18.4 Å². The molecule has 27 heavy (non-hydrogen) atoms. The zero-order chi connectivity index (χ0) is 17.8. The SMILES string of the molecule is Cl.O=C(Nc1ccc(-c2ccccc2)cc1)[C@H]1CNC[C@@H]1c1ccccc1. The second kappa shape index (κ2) is 8.85. The van der Waals surface area contributed by atoms with E-state index in [9.17, 15) is 4.79 Å². The summed E-state index contributed by atoms with van der Waals surface area (Å²) < 4.78 is 0. The first-order valence-corrected chi connectivity index (χ1v) is 9.03. The Morgan fingerprint density at radius 3 is 2.04 bits per heavy atom. The molecule has 1 heterocycles. The molecule has 3 aromatic carbocycles. The highest BCUT2D eigenvalue weighted by atomic mass is 35.5. The van der Waals surface area contributed by atoms with E-state index in [4.69, 9.17) is 0 Å². The number of nitrogens with one attached hydrogen (secondary N) is 2. The van der Waals surface area contributed by atoms with Gasteiger partial charge in [0.2, 0.25) is 5.91 Å². The van der Waals surface area contributed by atoms with E-state index in [-0.39, 0.29) is 30.2 Å². The number of hydrogen-bond donors (Lipinski definition) is 2. The predicted molar refractivity (Wildman–Crippen MR) is 113 cm³/mol. The van der Waals surface area contributed by atoms with Crippen molar-refractivity contribution in [3.8, 4) is 11.1 Å². The van der Waals surface area contributed by atoms with E-state index < -0.39 is 0 Å². The fourth-order valence-corrected chi connectivity index (χ4v) is 3.62. The maximum Gasteiger partial charge on any atom is 0.229 e. The zero-order valence-corrected chi connectivity index (χ0v) is 15.8. The summed E-state index contributed by atoms with van der Waals surface area (Å²) in [6, 6.07) is 28.6. The topological polar surface area (TPSA) is 41.1 Å². The van der Waals surface area contributed by atoms with Crippen molar-refractivity contribution >= 4 is 24.0 Å². The van der Waals surface area contributed by atoms with Crippen LogP contribution >= 0.6 is 12.4 Å². The second-order valence-electron chi connectivity index (χ2n) is 6.71. The van der Waals surface area contributed by atoms with Gasteiger partial charge < -0.3 is 10.6 Å². The normalized spacial score (nSPS) is 18.5. The highest BCUT2D eigenvalue weighted by Gasteiger charge is 2.33. The molecule has 0 aromatic heterocycles. The summed E-state index contributed by atoms with van der Waals surface area (Å²) in [4.78, 5) is 12.8. The minimum atomic E-state index is -0.0498. The molecule has 3 aromatic rings. The van der Waals surface area contributed by atoms with Crippen LogP contribution < -0.4 is 10.6 Å². The summed E-state index contributed by atoms with van der Waals surface area (Å²) in [5.41, 5.74) is 4.38. The molecule has 0 radical (unpaired) electrons. The van der Waals surface area contributed by atoms with Crippen molar-refractivity contribution in [3.63, 3.8) is 0 Å². The molecule has 138 valence electrons. The number of anilines is 1. The fraction of sp³-hybridized carbons (Fsp3) is 0.174. The third-order valence-corrected chi connectivity index (χ3v) is 5.04. The molecule has 1 saturated heterocycles. The molecule has 4 rings (SSSR count). The number of amides is 1. The molecular weight excluding hydrogens is 356 g/mol. The van der Waals surface area contributed by atoms with Crippen LogP contribution in [0.1, 0.15) is 11.5 Å². The molecule has 0 spiro atoms. The van der Waals surface area contributed by atoms with Gasteiger partial charge in [0.1, 0.15) is 0 Å². The summed E-state index contributed by atoms with van der Waals surface area (Å²) in [5, 5.41) is 6.44. The van der Waals surface area contributed by atoms with Gasteiger partial charge >= 0.3 is 0 Å². The molecule has 0 saturated carbocycles. The largest absolute Gasteiger partial charge is 0.326 e. The lowest BCUT2D eigenvalue weighted by atomic mass is 9.88. The third kappa shape index (κ3) is 4.38. The van der Waals surface area contributed by atoms with Gasteiger partial charge in [0, 0.05) is 24.7 Å². The van der Waals surface area contributed by atoms with Gasteiger partial charge in [-0.1, -0.05) is 72.8 Å². The maximum absolute atomic E-state index is 12.8. The summed E-state index contributed by atoms with van der Waals surface area (Å²) in [7, 11) is 0. The van der Waals surface area contributed by atoms with Gasteiger partial charge in [0.15, 0.2) is 0 Å². The average Bonchev–Trinajstić information content (AvgIpc) is 3.20. The standard InChI is InChI=1S/C23H22N2O.ClH/c26-23(22-16-24-15-21(22)19-9-5-2-6-10-19)25-20-13-11-18(12-14-20)17-7-3-1-4-8-17;/h1-14,21-22,24H,15-16H2,(H,25,26);1H/t21-,22+;/m1./s1. The van der Waals surface area contributed by atoms with Gasteiger partial charge in [-0.15, -0.1) is 12.4 Å². The molecule has 1 aliphatic heterocycles. The molecule has 1 fully saturated rings. The molecule has 3 nitrogen and oxygen atoms in total. The summed E-state index contributed by atoms with van der Waals surface area (Å²) >= 11 is 0. The predicted octanol–water partition coefficient (Wildman–Crippen LogP) is 4.72. The Kier molecular flexibility index (Phi) is 6.28. The first-order chi connectivity index (χ1) is 12.8. The lowest BCUT2D eigenvalue weighted by molar-refractivity contribution is -0.119. The minimum absolute atomic E-state index is 0. The third-order valence-electron chi connectivity index (χ3n) is 5.04. The lowest BCUT2D eigenvalue weighted by Crippen LogP contribution is -2.28. The van der Waals surface area contributed by atoms with Crippen molar-refractivity contribution in [1.82, 2.24) is 5.32 Å². The molecule has 2 atom stereocenters.